The molecule has 0 fully saturated rings. The minimum atomic E-state index is 0.190. The Morgan fingerprint density at radius 3 is 2.86 bits per heavy atom. The number of anilines is 1. The van der Waals surface area contributed by atoms with E-state index >= 15 is 0 Å². The summed E-state index contributed by atoms with van der Waals surface area (Å²) in [6, 6.07) is 3.99. The van der Waals surface area contributed by atoms with Gasteiger partial charge in [-0.05, 0) is 25.5 Å². The number of rotatable bonds is 0. The molecule has 14 heavy (non-hydrogen) atoms. The summed E-state index contributed by atoms with van der Waals surface area (Å²) in [6.07, 6.45) is 0. The molecule has 0 unspecified atom stereocenters. The van der Waals surface area contributed by atoms with Gasteiger partial charge in [0.05, 0.1) is 5.56 Å². The van der Waals surface area contributed by atoms with E-state index in [-0.39, 0.29) is 5.95 Å². The number of aryl methyl sites for hydroxylation is 2. The van der Waals surface area contributed by atoms with Gasteiger partial charge in [0, 0.05) is 5.69 Å². The van der Waals surface area contributed by atoms with E-state index in [0.29, 0.717) is 11.2 Å². The zero-order valence-electron chi connectivity index (χ0n) is 7.94. The highest BCUT2D eigenvalue weighted by atomic mass is 15.3. The van der Waals surface area contributed by atoms with Gasteiger partial charge in [0.25, 0.3) is 0 Å². The first-order valence-electron chi connectivity index (χ1n) is 4.16. The van der Waals surface area contributed by atoms with Crippen molar-refractivity contribution < 1.29 is 0 Å². The van der Waals surface area contributed by atoms with Gasteiger partial charge in [-0.1, -0.05) is 0 Å². The van der Waals surface area contributed by atoms with Crippen molar-refractivity contribution in [1.82, 2.24) is 14.6 Å². The summed E-state index contributed by atoms with van der Waals surface area (Å²) in [4.78, 5) is 4.01. The van der Waals surface area contributed by atoms with E-state index in [4.69, 9.17) is 11.0 Å². The van der Waals surface area contributed by atoms with Gasteiger partial charge in [-0.3, -0.25) is 0 Å². The molecule has 0 spiro atoms. The molecule has 0 saturated carbocycles. The summed E-state index contributed by atoms with van der Waals surface area (Å²) in [5.41, 5.74) is 8.35. The minimum absolute atomic E-state index is 0.190. The van der Waals surface area contributed by atoms with Crippen molar-refractivity contribution in [3.05, 3.63) is 22.9 Å². The molecule has 0 aromatic carbocycles. The van der Waals surface area contributed by atoms with Gasteiger partial charge in [0.15, 0.2) is 5.65 Å². The number of hydrogen-bond acceptors (Lipinski definition) is 4. The van der Waals surface area contributed by atoms with Crippen LogP contribution in [0, 0.1) is 25.2 Å². The molecule has 2 rings (SSSR count). The lowest BCUT2D eigenvalue weighted by Gasteiger charge is -2.01. The Balaban J connectivity index is 2.99. The van der Waals surface area contributed by atoms with E-state index in [1.165, 1.54) is 0 Å². The summed E-state index contributed by atoms with van der Waals surface area (Å²) < 4.78 is 1.58. The molecule has 0 aliphatic heterocycles. The average Bonchev–Trinajstić information content (AvgIpc) is 2.48. The molecular weight excluding hydrogens is 178 g/mol. The summed E-state index contributed by atoms with van der Waals surface area (Å²) in [6.45, 7) is 3.77. The Labute approximate surface area is 80.8 Å². The molecule has 0 atom stereocenters. The smallest absolute Gasteiger partial charge is 0.240 e. The summed E-state index contributed by atoms with van der Waals surface area (Å²) in [7, 11) is 0. The number of fused-ring (bicyclic) bond motifs is 1. The van der Waals surface area contributed by atoms with E-state index in [2.05, 4.69) is 16.2 Å². The van der Waals surface area contributed by atoms with Gasteiger partial charge >= 0.3 is 0 Å². The monoisotopic (exact) mass is 187 g/mol. The van der Waals surface area contributed by atoms with Crippen molar-refractivity contribution in [3.63, 3.8) is 0 Å². The maximum Gasteiger partial charge on any atom is 0.240 e. The van der Waals surface area contributed by atoms with Crippen LogP contribution in [0.5, 0.6) is 0 Å². The minimum Gasteiger partial charge on any atom is -0.366 e. The van der Waals surface area contributed by atoms with E-state index in [9.17, 15) is 0 Å². The van der Waals surface area contributed by atoms with Gasteiger partial charge < -0.3 is 5.73 Å². The number of nitrogen functional groups attached to an aromatic ring is 1. The van der Waals surface area contributed by atoms with Crippen molar-refractivity contribution in [1.29, 1.82) is 5.26 Å². The standard InChI is InChI=1S/C9H9N5/c1-5-3-6(2)14-8(7(5)4-10)12-9(11)13-14/h3H,1-2H3,(H2,11,13). The molecule has 2 N–H and O–H groups in total. The largest absolute Gasteiger partial charge is 0.366 e. The molecule has 0 amide bonds. The first kappa shape index (κ1) is 8.51. The van der Waals surface area contributed by atoms with Crippen molar-refractivity contribution in [2.75, 3.05) is 5.73 Å². The molecule has 70 valence electrons. The van der Waals surface area contributed by atoms with Crippen LogP contribution >= 0.6 is 0 Å². The molecule has 0 saturated heterocycles. The van der Waals surface area contributed by atoms with Crippen LogP contribution in [-0.4, -0.2) is 14.6 Å². The van der Waals surface area contributed by atoms with Gasteiger partial charge in [-0.2, -0.15) is 10.2 Å². The summed E-state index contributed by atoms with van der Waals surface area (Å²) in [5, 5.41) is 12.9. The van der Waals surface area contributed by atoms with Crippen molar-refractivity contribution in [2.24, 2.45) is 0 Å². The number of nitrogens with zero attached hydrogens (tertiary/aromatic N) is 4. The molecular formula is C9H9N5. The SMILES string of the molecule is Cc1cc(C)n2nc(N)nc2c1C#N. The quantitative estimate of drug-likeness (QED) is 0.661. The molecule has 2 aromatic heterocycles. The number of nitrogens with two attached hydrogens (primary N) is 1. The summed E-state index contributed by atoms with van der Waals surface area (Å²) in [5.74, 6) is 0.190. The molecule has 5 nitrogen and oxygen atoms in total. The Bertz CT molecular complexity index is 546. The van der Waals surface area contributed by atoms with Crippen LogP contribution in [-0.2, 0) is 0 Å². The molecule has 2 aromatic rings. The van der Waals surface area contributed by atoms with Crippen LogP contribution in [0.2, 0.25) is 0 Å². The second kappa shape index (κ2) is 2.70. The number of pyridine rings is 1. The Hall–Kier alpha value is -2.09. The average molecular weight is 187 g/mol. The second-order valence-corrected chi connectivity index (χ2v) is 3.16. The Morgan fingerprint density at radius 2 is 2.21 bits per heavy atom. The van der Waals surface area contributed by atoms with Gasteiger partial charge in [-0.15, -0.1) is 5.10 Å². The molecule has 0 aliphatic rings. The normalized spacial score (nSPS) is 10.4. The fourth-order valence-corrected chi connectivity index (χ4v) is 1.50. The van der Waals surface area contributed by atoms with Crippen molar-refractivity contribution >= 4 is 11.6 Å². The molecule has 5 heteroatoms. The van der Waals surface area contributed by atoms with Crippen molar-refractivity contribution in [2.45, 2.75) is 13.8 Å². The first-order chi connectivity index (χ1) is 6.63. The van der Waals surface area contributed by atoms with Crippen LogP contribution in [0.4, 0.5) is 5.95 Å². The third-order valence-electron chi connectivity index (χ3n) is 2.11. The highest BCUT2D eigenvalue weighted by Gasteiger charge is 2.10. The molecule has 2 heterocycles. The third-order valence-corrected chi connectivity index (χ3v) is 2.11. The Morgan fingerprint density at radius 1 is 1.50 bits per heavy atom. The zero-order chi connectivity index (χ0) is 10.3. The van der Waals surface area contributed by atoms with E-state index in [1.807, 2.05) is 19.9 Å². The van der Waals surface area contributed by atoms with Crippen LogP contribution in [0.15, 0.2) is 6.07 Å². The van der Waals surface area contributed by atoms with Gasteiger partial charge in [0.1, 0.15) is 6.07 Å². The van der Waals surface area contributed by atoms with Gasteiger partial charge in [0.2, 0.25) is 5.95 Å². The maximum atomic E-state index is 8.94. The predicted octanol–water partition coefficient (Wildman–Crippen LogP) is 0.800. The number of nitriles is 1. The zero-order valence-corrected chi connectivity index (χ0v) is 7.94. The molecule has 0 bridgehead atoms. The van der Waals surface area contributed by atoms with E-state index in [0.717, 1.165) is 11.3 Å². The topological polar surface area (TPSA) is 80.0 Å². The molecule has 0 radical (unpaired) electrons. The van der Waals surface area contributed by atoms with Crippen LogP contribution in [0.25, 0.3) is 5.65 Å². The predicted molar refractivity (Wildman–Crippen MR) is 51.6 cm³/mol. The highest BCUT2D eigenvalue weighted by Crippen LogP contribution is 2.16. The lowest BCUT2D eigenvalue weighted by molar-refractivity contribution is 0.914. The van der Waals surface area contributed by atoms with Crippen LogP contribution in [0.3, 0.4) is 0 Å². The van der Waals surface area contributed by atoms with E-state index < -0.39 is 0 Å². The third kappa shape index (κ3) is 1.01. The molecule has 0 aliphatic carbocycles. The summed E-state index contributed by atoms with van der Waals surface area (Å²) >= 11 is 0. The lowest BCUT2D eigenvalue weighted by Crippen LogP contribution is -1.98. The highest BCUT2D eigenvalue weighted by molar-refractivity contribution is 5.60. The fourth-order valence-electron chi connectivity index (χ4n) is 1.50. The number of hydrogen-bond donors (Lipinski definition) is 1. The first-order valence-corrected chi connectivity index (χ1v) is 4.16. The van der Waals surface area contributed by atoms with E-state index in [1.54, 1.807) is 4.52 Å². The van der Waals surface area contributed by atoms with Crippen molar-refractivity contribution in [3.8, 4) is 6.07 Å². The van der Waals surface area contributed by atoms with Crippen LogP contribution in [0.1, 0.15) is 16.8 Å². The van der Waals surface area contributed by atoms with Gasteiger partial charge in [-0.25, -0.2) is 4.52 Å². The number of aromatic nitrogens is 3. The maximum absolute atomic E-state index is 8.94. The van der Waals surface area contributed by atoms with Crippen LogP contribution < -0.4 is 5.73 Å². The fraction of sp³-hybridized carbons (Fsp3) is 0.222. The second-order valence-electron chi connectivity index (χ2n) is 3.16. The lowest BCUT2D eigenvalue weighted by atomic mass is 10.1. The Kier molecular flexibility index (Phi) is 1.64.